The number of carbonyl (C=O) groups is 1. The summed E-state index contributed by atoms with van der Waals surface area (Å²) in [6, 6.07) is 4.95. The first-order valence-electron chi connectivity index (χ1n) is 4.58. The van der Waals surface area contributed by atoms with Crippen molar-refractivity contribution in [3.63, 3.8) is 0 Å². The van der Waals surface area contributed by atoms with Gasteiger partial charge in [-0.15, -0.1) is 0 Å². The fourth-order valence-electron chi connectivity index (χ4n) is 1.56. The summed E-state index contributed by atoms with van der Waals surface area (Å²) in [6.45, 7) is -0.305. The van der Waals surface area contributed by atoms with Crippen LogP contribution in [0.5, 0.6) is 0 Å². The van der Waals surface area contributed by atoms with Gasteiger partial charge >= 0.3 is 5.97 Å². The van der Waals surface area contributed by atoms with E-state index in [1.807, 2.05) is 0 Å². The van der Waals surface area contributed by atoms with E-state index in [1.54, 1.807) is 0 Å². The highest BCUT2D eigenvalue weighted by atomic mass is 19.1. The lowest BCUT2D eigenvalue weighted by Gasteiger charge is -2.07. The number of pyridine rings is 1. The van der Waals surface area contributed by atoms with Crippen LogP contribution in [0.25, 0.3) is 10.9 Å². The molecule has 0 aliphatic carbocycles. The molecule has 0 spiro atoms. The van der Waals surface area contributed by atoms with Crippen molar-refractivity contribution in [2.45, 2.75) is 6.54 Å². The summed E-state index contributed by atoms with van der Waals surface area (Å²) >= 11 is 0. The van der Waals surface area contributed by atoms with Gasteiger partial charge in [-0.3, -0.25) is 9.59 Å². The number of hydrogen-bond acceptors (Lipinski definition) is 2. The molecule has 0 fully saturated rings. The van der Waals surface area contributed by atoms with Gasteiger partial charge in [-0.1, -0.05) is 0 Å². The van der Waals surface area contributed by atoms with Crippen LogP contribution in [-0.4, -0.2) is 15.6 Å². The van der Waals surface area contributed by atoms with Gasteiger partial charge in [0.2, 0.25) is 0 Å². The molecule has 0 unspecified atom stereocenters. The molecule has 0 aliphatic rings. The molecule has 5 heteroatoms. The quantitative estimate of drug-likeness (QED) is 0.829. The highest BCUT2D eigenvalue weighted by Crippen LogP contribution is 2.11. The van der Waals surface area contributed by atoms with Gasteiger partial charge in [0.15, 0.2) is 5.43 Å². The number of carboxylic acid groups (broad SMARTS) is 1. The number of hydrogen-bond donors (Lipinski definition) is 1. The van der Waals surface area contributed by atoms with Gasteiger partial charge in [0.05, 0.1) is 5.52 Å². The normalized spacial score (nSPS) is 10.6. The molecule has 1 aromatic heterocycles. The monoisotopic (exact) mass is 221 g/mol. The fraction of sp³-hybridized carbons (Fsp3) is 0.0909. The maximum Gasteiger partial charge on any atom is 0.323 e. The number of fused-ring (bicyclic) bond motifs is 1. The molecule has 0 saturated heterocycles. The molecule has 2 rings (SSSR count). The predicted molar refractivity (Wildman–Crippen MR) is 55.8 cm³/mol. The molecule has 0 aliphatic heterocycles. The summed E-state index contributed by atoms with van der Waals surface area (Å²) in [5, 5.41) is 8.98. The van der Waals surface area contributed by atoms with Crippen molar-refractivity contribution < 1.29 is 14.3 Å². The van der Waals surface area contributed by atoms with Crippen molar-refractivity contribution in [1.82, 2.24) is 4.57 Å². The van der Waals surface area contributed by atoms with Crippen molar-refractivity contribution in [2.75, 3.05) is 0 Å². The number of rotatable bonds is 2. The maximum atomic E-state index is 13.0. The topological polar surface area (TPSA) is 59.3 Å². The Labute approximate surface area is 89.6 Å². The Morgan fingerprint density at radius 3 is 2.81 bits per heavy atom. The largest absolute Gasteiger partial charge is 0.480 e. The first-order chi connectivity index (χ1) is 7.58. The van der Waals surface area contributed by atoms with Crippen molar-refractivity contribution >= 4 is 16.9 Å². The van der Waals surface area contributed by atoms with Crippen LogP contribution in [0.2, 0.25) is 0 Å². The average Bonchev–Trinajstić information content (AvgIpc) is 2.22. The minimum Gasteiger partial charge on any atom is -0.480 e. The molecule has 2 aromatic rings. The molecule has 1 heterocycles. The number of aromatic nitrogens is 1. The second-order valence-electron chi connectivity index (χ2n) is 3.36. The Kier molecular flexibility index (Phi) is 2.44. The van der Waals surface area contributed by atoms with Gasteiger partial charge in [-0.25, -0.2) is 4.39 Å². The number of aliphatic carboxylic acids is 1. The van der Waals surface area contributed by atoms with Crippen molar-refractivity contribution in [1.29, 1.82) is 0 Å². The minimum absolute atomic E-state index is 0.253. The van der Waals surface area contributed by atoms with E-state index in [4.69, 9.17) is 5.11 Å². The van der Waals surface area contributed by atoms with Crippen LogP contribution in [0.15, 0.2) is 35.3 Å². The lowest BCUT2D eigenvalue weighted by Crippen LogP contribution is -2.13. The van der Waals surface area contributed by atoms with E-state index in [1.165, 1.54) is 29.0 Å². The molecule has 0 saturated carbocycles. The smallest absolute Gasteiger partial charge is 0.323 e. The first kappa shape index (κ1) is 10.4. The van der Waals surface area contributed by atoms with Gasteiger partial charge < -0.3 is 9.67 Å². The van der Waals surface area contributed by atoms with E-state index in [2.05, 4.69) is 0 Å². The van der Waals surface area contributed by atoms with E-state index >= 15 is 0 Å². The fourth-order valence-corrected chi connectivity index (χ4v) is 1.56. The van der Waals surface area contributed by atoms with Crippen LogP contribution in [0.4, 0.5) is 4.39 Å². The standard InChI is InChI=1S/C11H8FNO3/c12-7-1-2-8-9(5-7)13(6-11(15)16)4-3-10(8)14/h1-5H,6H2,(H,15,16). The summed E-state index contributed by atoms with van der Waals surface area (Å²) in [6.07, 6.45) is 1.35. The van der Waals surface area contributed by atoms with Crippen LogP contribution in [0.1, 0.15) is 0 Å². The molecule has 0 amide bonds. The Hall–Kier alpha value is -2.17. The van der Waals surface area contributed by atoms with Crippen molar-refractivity contribution in [3.8, 4) is 0 Å². The summed E-state index contributed by atoms with van der Waals surface area (Å²) in [5.74, 6) is -1.55. The summed E-state index contributed by atoms with van der Waals surface area (Å²) < 4.78 is 14.3. The third-order valence-electron chi connectivity index (χ3n) is 2.25. The minimum atomic E-state index is -1.05. The van der Waals surface area contributed by atoms with Gasteiger partial charge in [0.1, 0.15) is 12.4 Å². The number of carboxylic acids is 1. The van der Waals surface area contributed by atoms with Crippen LogP contribution in [-0.2, 0) is 11.3 Å². The molecular weight excluding hydrogens is 213 g/mol. The third-order valence-corrected chi connectivity index (χ3v) is 2.25. The van der Waals surface area contributed by atoms with Crippen LogP contribution in [0.3, 0.4) is 0 Å². The zero-order valence-electron chi connectivity index (χ0n) is 8.18. The van der Waals surface area contributed by atoms with E-state index in [0.717, 1.165) is 6.07 Å². The van der Waals surface area contributed by atoms with E-state index in [9.17, 15) is 14.0 Å². The zero-order valence-corrected chi connectivity index (χ0v) is 8.18. The van der Waals surface area contributed by atoms with Crippen LogP contribution in [0, 0.1) is 5.82 Å². The molecular formula is C11H8FNO3. The molecule has 4 nitrogen and oxygen atoms in total. The Balaban J connectivity index is 2.75. The second-order valence-corrected chi connectivity index (χ2v) is 3.36. The number of benzene rings is 1. The molecule has 0 radical (unpaired) electrons. The molecule has 82 valence electrons. The van der Waals surface area contributed by atoms with E-state index in [0.29, 0.717) is 5.39 Å². The van der Waals surface area contributed by atoms with E-state index < -0.39 is 11.8 Å². The maximum absolute atomic E-state index is 13.0. The van der Waals surface area contributed by atoms with Crippen LogP contribution >= 0.6 is 0 Å². The number of nitrogens with zero attached hydrogens (tertiary/aromatic N) is 1. The predicted octanol–water partition coefficient (Wildman–Crippen LogP) is 1.23. The highest BCUT2D eigenvalue weighted by molar-refractivity contribution is 5.80. The molecule has 1 N–H and O–H groups in total. The molecule has 16 heavy (non-hydrogen) atoms. The first-order valence-corrected chi connectivity index (χ1v) is 4.58. The van der Waals surface area contributed by atoms with Gasteiger partial charge in [0.25, 0.3) is 0 Å². The van der Waals surface area contributed by atoms with Gasteiger partial charge in [-0.05, 0) is 18.2 Å². The third kappa shape index (κ3) is 1.79. The van der Waals surface area contributed by atoms with E-state index in [-0.39, 0.29) is 17.5 Å². The second kappa shape index (κ2) is 3.77. The summed E-state index contributed by atoms with van der Waals surface area (Å²) in [5.41, 5.74) is 0.0338. The van der Waals surface area contributed by atoms with Gasteiger partial charge in [0, 0.05) is 17.6 Å². The molecule has 1 aromatic carbocycles. The summed E-state index contributed by atoms with van der Waals surface area (Å²) in [4.78, 5) is 22.0. The Morgan fingerprint density at radius 2 is 2.12 bits per heavy atom. The zero-order chi connectivity index (χ0) is 11.7. The summed E-state index contributed by atoms with van der Waals surface area (Å²) in [7, 11) is 0. The number of halogens is 1. The Morgan fingerprint density at radius 1 is 1.38 bits per heavy atom. The average molecular weight is 221 g/mol. The lowest BCUT2D eigenvalue weighted by molar-refractivity contribution is -0.137. The van der Waals surface area contributed by atoms with Crippen molar-refractivity contribution in [3.05, 3.63) is 46.5 Å². The molecule has 0 bridgehead atoms. The van der Waals surface area contributed by atoms with Gasteiger partial charge in [-0.2, -0.15) is 0 Å². The van der Waals surface area contributed by atoms with Crippen molar-refractivity contribution in [2.24, 2.45) is 0 Å². The van der Waals surface area contributed by atoms with Crippen LogP contribution < -0.4 is 5.43 Å². The molecule has 0 atom stereocenters. The lowest BCUT2D eigenvalue weighted by atomic mass is 10.2. The Bertz CT molecular complexity index is 618. The SMILES string of the molecule is O=C(O)Cn1ccc(=O)c2ccc(F)cc21. The highest BCUT2D eigenvalue weighted by Gasteiger charge is 2.06.